The topological polar surface area (TPSA) is 0 Å². The molecule has 0 nitrogen and oxygen atoms in total. The largest absolute Gasteiger partial charge is 1.00 e. The van der Waals surface area contributed by atoms with E-state index in [-0.39, 0.29) is 51.4 Å². The molecule has 0 radical (unpaired) electrons. The van der Waals surface area contributed by atoms with Gasteiger partial charge >= 0.3 is 58.4 Å². The number of benzene rings is 1. The fourth-order valence-electron chi connectivity index (χ4n) is 0.990. The second-order valence-corrected chi connectivity index (χ2v) is 2.63. The van der Waals surface area contributed by atoms with Gasteiger partial charge in [-0.15, -0.1) is 0 Å². The van der Waals surface area contributed by atoms with Crippen LogP contribution in [0.25, 0.3) is 0 Å². The second kappa shape index (κ2) is 5.72. The SMILES string of the molecule is Fc1c(C(F)F)cccc1[B-](F)(F)F.[K+]. The monoisotopic (exact) mass is 252 g/mol. The Hall–Kier alpha value is 0.501. The summed E-state index contributed by atoms with van der Waals surface area (Å²) in [5, 5.41) is 0. The van der Waals surface area contributed by atoms with Gasteiger partial charge in [0.05, 0.1) is 5.56 Å². The Labute approximate surface area is 125 Å². The minimum absolute atomic E-state index is 0. The summed E-state index contributed by atoms with van der Waals surface area (Å²) >= 11 is 0. The van der Waals surface area contributed by atoms with Crippen molar-refractivity contribution in [3.8, 4) is 0 Å². The summed E-state index contributed by atoms with van der Waals surface area (Å²) in [6.07, 6.45) is -3.24. The van der Waals surface area contributed by atoms with Crippen LogP contribution in [0, 0.1) is 5.82 Å². The molecule has 0 fully saturated rings. The molecule has 0 aliphatic rings. The van der Waals surface area contributed by atoms with Gasteiger partial charge in [0.2, 0.25) is 0 Å². The van der Waals surface area contributed by atoms with E-state index in [9.17, 15) is 26.1 Å². The molecule has 0 aromatic heterocycles. The van der Waals surface area contributed by atoms with Gasteiger partial charge in [0.15, 0.2) is 0 Å². The molecule has 0 N–H and O–H groups in total. The van der Waals surface area contributed by atoms with Crippen LogP contribution in [0.2, 0.25) is 0 Å². The van der Waals surface area contributed by atoms with Crippen LogP contribution in [0.5, 0.6) is 0 Å². The number of hydrogen-bond donors (Lipinski definition) is 0. The van der Waals surface area contributed by atoms with Crippen LogP contribution in [0.1, 0.15) is 12.0 Å². The molecule has 1 rings (SSSR count). The van der Waals surface area contributed by atoms with E-state index in [0.29, 0.717) is 12.1 Å². The van der Waals surface area contributed by atoms with Crippen molar-refractivity contribution in [1.29, 1.82) is 0 Å². The van der Waals surface area contributed by atoms with Crippen LogP contribution in [-0.4, -0.2) is 6.98 Å². The van der Waals surface area contributed by atoms with Gasteiger partial charge in [-0.2, -0.15) is 0 Å². The zero-order valence-electron chi connectivity index (χ0n) is 7.65. The minimum Gasteiger partial charge on any atom is -0.445 e. The molecule has 0 atom stereocenters. The first-order chi connectivity index (χ1) is 6.34. The van der Waals surface area contributed by atoms with E-state index in [0.717, 1.165) is 6.07 Å². The summed E-state index contributed by atoms with van der Waals surface area (Å²) < 4.78 is 73.0. The Morgan fingerprint density at radius 2 is 1.60 bits per heavy atom. The van der Waals surface area contributed by atoms with E-state index in [4.69, 9.17) is 0 Å². The van der Waals surface area contributed by atoms with Gasteiger partial charge in [-0.25, -0.2) is 13.2 Å². The maximum Gasteiger partial charge on any atom is 1.00 e. The van der Waals surface area contributed by atoms with E-state index in [2.05, 4.69) is 0 Å². The van der Waals surface area contributed by atoms with Crippen LogP contribution in [0.3, 0.4) is 0 Å². The predicted molar refractivity (Wildman–Crippen MR) is 40.1 cm³/mol. The number of alkyl halides is 2. The van der Waals surface area contributed by atoms with Crippen molar-refractivity contribution in [3.05, 3.63) is 29.6 Å². The van der Waals surface area contributed by atoms with Gasteiger partial charge in [0, 0.05) is 0 Å². The standard InChI is InChI=1S/C7H4BF6.K/c9-6-4(7(10)11)2-1-3-5(6)8(12,13)14;/h1-3,7H;/q-1;+1. The maximum atomic E-state index is 12.8. The zero-order chi connectivity index (χ0) is 10.9. The Kier molecular flexibility index (Phi) is 5.91. The van der Waals surface area contributed by atoms with E-state index in [1.54, 1.807) is 0 Å². The van der Waals surface area contributed by atoms with Crippen LogP contribution in [0.15, 0.2) is 18.2 Å². The van der Waals surface area contributed by atoms with E-state index in [1.807, 2.05) is 0 Å². The van der Waals surface area contributed by atoms with Gasteiger partial charge in [-0.05, 0) is 0 Å². The fourth-order valence-corrected chi connectivity index (χ4v) is 0.990. The molecule has 0 unspecified atom stereocenters. The number of rotatable bonds is 2. The van der Waals surface area contributed by atoms with Crippen LogP contribution in [-0.2, 0) is 0 Å². The van der Waals surface area contributed by atoms with Crippen LogP contribution >= 0.6 is 0 Å². The molecule has 78 valence electrons. The molecule has 0 aliphatic carbocycles. The van der Waals surface area contributed by atoms with Crippen molar-refractivity contribution in [3.63, 3.8) is 0 Å². The van der Waals surface area contributed by atoms with Crippen LogP contribution in [0.4, 0.5) is 26.1 Å². The average Bonchev–Trinajstić information content (AvgIpc) is 2.01. The Morgan fingerprint density at radius 1 is 1.07 bits per heavy atom. The number of halogens is 6. The summed E-state index contributed by atoms with van der Waals surface area (Å²) in [5.74, 6) is -1.88. The fraction of sp³-hybridized carbons (Fsp3) is 0.143. The molecular weight excluding hydrogens is 248 g/mol. The van der Waals surface area contributed by atoms with Gasteiger partial charge < -0.3 is 12.9 Å². The summed E-state index contributed by atoms with van der Waals surface area (Å²) in [6.45, 7) is -5.59. The van der Waals surface area contributed by atoms with Crippen molar-refractivity contribution >= 4 is 12.4 Å². The smallest absolute Gasteiger partial charge is 0.445 e. The van der Waals surface area contributed by atoms with E-state index < -0.39 is 30.2 Å². The van der Waals surface area contributed by atoms with Crippen molar-refractivity contribution in [1.82, 2.24) is 0 Å². The summed E-state index contributed by atoms with van der Waals surface area (Å²) in [5.41, 5.74) is -2.83. The van der Waals surface area contributed by atoms with Crippen molar-refractivity contribution in [2.75, 3.05) is 0 Å². The van der Waals surface area contributed by atoms with Crippen molar-refractivity contribution in [2.24, 2.45) is 0 Å². The third-order valence-corrected chi connectivity index (χ3v) is 1.65. The molecule has 0 saturated carbocycles. The van der Waals surface area contributed by atoms with Gasteiger partial charge in [-0.1, -0.05) is 23.7 Å². The van der Waals surface area contributed by atoms with Crippen LogP contribution < -0.4 is 56.8 Å². The second-order valence-electron chi connectivity index (χ2n) is 2.63. The predicted octanol–water partition coefficient (Wildman–Crippen LogP) is -0.178. The molecule has 8 heteroatoms. The molecule has 1 aromatic rings. The first-order valence-electron chi connectivity index (χ1n) is 3.60. The van der Waals surface area contributed by atoms with Crippen molar-refractivity contribution < 1.29 is 77.5 Å². The molecule has 0 spiro atoms. The molecule has 0 heterocycles. The molecule has 0 aliphatic heterocycles. The third-order valence-electron chi connectivity index (χ3n) is 1.65. The first-order valence-corrected chi connectivity index (χ1v) is 3.60. The molecule has 1 aromatic carbocycles. The average molecular weight is 252 g/mol. The van der Waals surface area contributed by atoms with Gasteiger partial charge in [0.1, 0.15) is 5.82 Å². The van der Waals surface area contributed by atoms with E-state index in [1.165, 1.54) is 0 Å². The normalized spacial score (nSPS) is 11.4. The molecule has 0 amide bonds. The Bertz CT molecular complexity index is 337. The molecule has 0 bridgehead atoms. The third kappa shape index (κ3) is 3.78. The molecular formula is C7H4BF6K. The quantitative estimate of drug-likeness (QED) is 0.506. The zero-order valence-corrected chi connectivity index (χ0v) is 10.8. The Balaban J connectivity index is 0.00000196. The molecule has 15 heavy (non-hydrogen) atoms. The minimum atomic E-state index is -5.59. The van der Waals surface area contributed by atoms with Gasteiger partial charge in [-0.3, -0.25) is 0 Å². The summed E-state index contributed by atoms with van der Waals surface area (Å²) in [6, 6.07) is 1.84. The first kappa shape index (κ1) is 15.5. The molecule has 0 saturated heterocycles. The number of hydrogen-bond acceptors (Lipinski definition) is 0. The summed E-state index contributed by atoms with van der Waals surface area (Å²) in [4.78, 5) is 0. The van der Waals surface area contributed by atoms with Gasteiger partial charge in [0.25, 0.3) is 6.43 Å². The Morgan fingerprint density at radius 3 is 2.00 bits per heavy atom. The maximum absolute atomic E-state index is 12.8. The van der Waals surface area contributed by atoms with E-state index >= 15 is 0 Å². The van der Waals surface area contributed by atoms with Crippen molar-refractivity contribution in [2.45, 2.75) is 6.43 Å². The summed E-state index contributed by atoms with van der Waals surface area (Å²) in [7, 11) is 0.